The van der Waals surface area contributed by atoms with Gasteiger partial charge >= 0.3 is 0 Å². The topological polar surface area (TPSA) is 86.8 Å². The predicted molar refractivity (Wildman–Crippen MR) is 110 cm³/mol. The SMILES string of the molecule is Cc1ccc(C)c(N(C(C)C(=O)N2CC(=O)Nc3ccccc32)S(C)(=O)=O)c1. The van der Waals surface area contributed by atoms with Crippen LogP contribution in [0, 0.1) is 13.8 Å². The molecule has 0 saturated carbocycles. The summed E-state index contributed by atoms with van der Waals surface area (Å²) in [6.45, 7) is 5.04. The van der Waals surface area contributed by atoms with Gasteiger partial charge in [-0.2, -0.15) is 0 Å². The third-order valence-electron chi connectivity index (χ3n) is 4.71. The number of sulfonamides is 1. The Morgan fingerprint density at radius 1 is 1.18 bits per heavy atom. The van der Waals surface area contributed by atoms with Crippen LogP contribution in [-0.4, -0.2) is 39.1 Å². The Morgan fingerprint density at radius 2 is 1.86 bits per heavy atom. The van der Waals surface area contributed by atoms with Crippen LogP contribution < -0.4 is 14.5 Å². The van der Waals surface area contributed by atoms with Gasteiger partial charge in [-0.15, -0.1) is 0 Å². The number of carbonyl (C=O) groups excluding carboxylic acids is 2. The second-order valence-electron chi connectivity index (χ2n) is 7.01. The molecule has 0 bridgehead atoms. The normalized spacial score (nSPS) is 14.9. The average Bonchev–Trinajstić information content (AvgIpc) is 2.62. The fourth-order valence-electron chi connectivity index (χ4n) is 3.39. The lowest BCUT2D eigenvalue weighted by molar-refractivity contribution is -0.122. The van der Waals surface area contributed by atoms with E-state index in [-0.39, 0.29) is 12.5 Å². The molecule has 8 heteroatoms. The van der Waals surface area contributed by atoms with Gasteiger partial charge in [0.1, 0.15) is 12.6 Å². The van der Waals surface area contributed by atoms with E-state index in [2.05, 4.69) is 5.32 Å². The van der Waals surface area contributed by atoms with Crippen molar-refractivity contribution in [2.24, 2.45) is 0 Å². The Hall–Kier alpha value is -2.87. The van der Waals surface area contributed by atoms with Gasteiger partial charge in [-0.3, -0.25) is 18.8 Å². The molecular weight excluding hydrogens is 378 g/mol. The standard InChI is InChI=1S/C20H23N3O4S/c1-13-9-10-14(2)18(11-13)23(28(4,26)27)15(3)20(25)22-12-19(24)21-16-7-5-6-8-17(16)22/h5-11,15H,12H2,1-4H3,(H,21,24). The molecule has 0 spiro atoms. The molecule has 1 aliphatic heterocycles. The summed E-state index contributed by atoms with van der Waals surface area (Å²) in [7, 11) is -3.75. The van der Waals surface area contributed by atoms with Crippen LogP contribution in [0.4, 0.5) is 17.1 Å². The van der Waals surface area contributed by atoms with Gasteiger partial charge in [-0.05, 0) is 50.1 Å². The molecule has 1 aliphatic rings. The van der Waals surface area contributed by atoms with Crippen LogP contribution in [0.25, 0.3) is 0 Å². The number of carbonyl (C=O) groups is 2. The smallest absolute Gasteiger partial charge is 0.251 e. The number of nitrogens with zero attached hydrogens (tertiary/aromatic N) is 2. The largest absolute Gasteiger partial charge is 0.323 e. The maximum Gasteiger partial charge on any atom is 0.251 e. The summed E-state index contributed by atoms with van der Waals surface area (Å²) in [6.07, 6.45) is 1.08. The highest BCUT2D eigenvalue weighted by Gasteiger charge is 2.36. The maximum absolute atomic E-state index is 13.3. The van der Waals surface area contributed by atoms with Crippen LogP contribution in [0.2, 0.25) is 0 Å². The Morgan fingerprint density at radius 3 is 2.54 bits per heavy atom. The van der Waals surface area contributed by atoms with E-state index in [1.807, 2.05) is 19.1 Å². The second kappa shape index (κ2) is 7.27. The lowest BCUT2D eigenvalue weighted by Gasteiger charge is -2.35. The van der Waals surface area contributed by atoms with E-state index in [9.17, 15) is 18.0 Å². The van der Waals surface area contributed by atoms with Gasteiger partial charge in [-0.1, -0.05) is 24.3 Å². The van der Waals surface area contributed by atoms with Crippen molar-refractivity contribution in [2.75, 3.05) is 27.3 Å². The van der Waals surface area contributed by atoms with Crippen molar-refractivity contribution in [1.29, 1.82) is 0 Å². The molecule has 2 aromatic carbocycles. The predicted octanol–water partition coefficient (Wildman–Crippen LogP) is 2.44. The van der Waals surface area contributed by atoms with Crippen molar-refractivity contribution in [3.63, 3.8) is 0 Å². The van der Waals surface area contributed by atoms with Crippen molar-refractivity contribution >= 4 is 38.9 Å². The van der Waals surface area contributed by atoms with E-state index in [0.29, 0.717) is 17.1 Å². The molecule has 1 N–H and O–H groups in total. The van der Waals surface area contributed by atoms with E-state index in [0.717, 1.165) is 21.7 Å². The zero-order chi connectivity index (χ0) is 20.6. The lowest BCUT2D eigenvalue weighted by Crippen LogP contribution is -2.53. The van der Waals surface area contributed by atoms with Gasteiger partial charge in [0.15, 0.2) is 0 Å². The molecule has 0 aromatic heterocycles. The van der Waals surface area contributed by atoms with Gasteiger partial charge in [0.2, 0.25) is 15.9 Å². The molecule has 0 radical (unpaired) electrons. The van der Waals surface area contributed by atoms with Crippen molar-refractivity contribution < 1.29 is 18.0 Å². The highest BCUT2D eigenvalue weighted by Crippen LogP contribution is 2.32. The van der Waals surface area contributed by atoms with Crippen LogP contribution in [0.1, 0.15) is 18.1 Å². The van der Waals surface area contributed by atoms with Crippen LogP contribution in [0.15, 0.2) is 42.5 Å². The first kappa shape index (κ1) is 19.9. The number of rotatable bonds is 4. The summed E-state index contributed by atoms with van der Waals surface area (Å²) in [5.74, 6) is -0.787. The van der Waals surface area contributed by atoms with Gasteiger partial charge < -0.3 is 5.32 Å². The fourth-order valence-corrected chi connectivity index (χ4v) is 4.61. The van der Waals surface area contributed by atoms with Crippen LogP contribution in [0.3, 0.4) is 0 Å². The number of anilines is 3. The van der Waals surface area contributed by atoms with Gasteiger partial charge in [0.05, 0.1) is 23.3 Å². The molecule has 148 valence electrons. The van der Waals surface area contributed by atoms with E-state index in [1.54, 1.807) is 44.2 Å². The molecule has 1 heterocycles. The number of nitrogens with one attached hydrogen (secondary N) is 1. The highest BCUT2D eigenvalue weighted by molar-refractivity contribution is 7.92. The van der Waals surface area contributed by atoms with E-state index in [1.165, 1.54) is 4.90 Å². The molecule has 0 aliphatic carbocycles. The number of fused-ring (bicyclic) bond motifs is 1. The molecule has 2 amide bonds. The van der Waals surface area contributed by atoms with Gasteiger partial charge in [0, 0.05) is 0 Å². The minimum absolute atomic E-state index is 0.162. The maximum atomic E-state index is 13.3. The van der Waals surface area contributed by atoms with Crippen molar-refractivity contribution in [1.82, 2.24) is 0 Å². The van der Waals surface area contributed by atoms with Gasteiger partial charge in [0.25, 0.3) is 5.91 Å². The lowest BCUT2D eigenvalue weighted by atomic mass is 10.1. The molecule has 3 rings (SSSR count). The number of amides is 2. The summed E-state index contributed by atoms with van der Waals surface area (Å²) in [5, 5.41) is 2.73. The Labute approximate surface area is 165 Å². The Bertz CT molecular complexity index is 1050. The zero-order valence-electron chi connectivity index (χ0n) is 16.3. The monoisotopic (exact) mass is 401 g/mol. The minimum Gasteiger partial charge on any atom is -0.323 e. The second-order valence-corrected chi connectivity index (χ2v) is 8.87. The Balaban J connectivity index is 2.05. The molecule has 1 unspecified atom stereocenters. The number of hydrogen-bond acceptors (Lipinski definition) is 4. The number of hydrogen-bond donors (Lipinski definition) is 1. The fraction of sp³-hybridized carbons (Fsp3) is 0.300. The van der Waals surface area contributed by atoms with Crippen LogP contribution in [-0.2, 0) is 19.6 Å². The van der Waals surface area contributed by atoms with Crippen LogP contribution in [0.5, 0.6) is 0 Å². The third-order valence-corrected chi connectivity index (χ3v) is 5.93. The highest BCUT2D eigenvalue weighted by atomic mass is 32.2. The molecule has 7 nitrogen and oxygen atoms in total. The molecule has 1 atom stereocenters. The van der Waals surface area contributed by atoms with Gasteiger partial charge in [-0.25, -0.2) is 8.42 Å². The first-order chi connectivity index (χ1) is 13.1. The third kappa shape index (κ3) is 3.73. The Kier molecular flexibility index (Phi) is 5.16. The van der Waals surface area contributed by atoms with E-state index in [4.69, 9.17) is 0 Å². The summed E-state index contributed by atoms with van der Waals surface area (Å²) in [5.41, 5.74) is 3.16. The molecule has 28 heavy (non-hydrogen) atoms. The minimum atomic E-state index is -3.75. The summed E-state index contributed by atoms with van der Waals surface area (Å²) in [6, 6.07) is 11.4. The van der Waals surface area contributed by atoms with E-state index < -0.39 is 22.0 Å². The van der Waals surface area contributed by atoms with Crippen molar-refractivity contribution in [2.45, 2.75) is 26.8 Å². The summed E-state index contributed by atoms with van der Waals surface area (Å²) < 4.78 is 26.4. The summed E-state index contributed by atoms with van der Waals surface area (Å²) >= 11 is 0. The van der Waals surface area contributed by atoms with E-state index >= 15 is 0 Å². The van der Waals surface area contributed by atoms with Crippen molar-refractivity contribution in [3.8, 4) is 0 Å². The zero-order valence-corrected chi connectivity index (χ0v) is 17.1. The summed E-state index contributed by atoms with van der Waals surface area (Å²) in [4.78, 5) is 26.7. The number of benzene rings is 2. The number of aryl methyl sites for hydroxylation is 2. The molecular formula is C20H23N3O4S. The first-order valence-corrected chi connectivity index (χ1v) is 10.7. The molecule has 0 fully saturated rings. The number of para-hydroxylation sites is 2. The molecule has 0 saturated heterocycles. The van der Waals surface area contributed by atoms with Crippen LogP contribution >= 0.6 is 0 Å². The van der Waals surface area contributed by atoms with Crippen molar-refractivity contribution in [3.05, 3.63) is 53.6 Å². The first-order valence-electron chi connectivity index (χ1n) is 8.86. The average molecular weight is 401 g/mol. The molecule has 2 aromatic rings. The quantitative estimate of drug-likeness (QED) is 0.853.